The minimum atomic E-state index is -0.939. The van der Waals surface area contributed by atoms with Crippen LogP contribution >= 0.6 is 11.3 Å². The molecule has 0 aliphatic carbocycles. The first-order valence-electron chi connectivity index (χ1n) is 3.65. The molecule has 0 fully saturated rings. The highest BCUT2D eigenvalue weighted by atomic mass is 32.1. The predicted molar refractivity (Wildman–Crippen MR) is 46.8 cm³/mol. The summed E-state index contributed by atoms with van der Waals surface area (Å²) in [5, 5.41) is 11.0. The van der Waals surface area contributed by atoms with Crippen molar-refractivity contribution >= 4 is 17.3 Å². The smallest absolute Gasteiger partial charge is 0.341 e. The maximum absolute atomic E-state index is 10.2. The number of carbonyl (C=O) groups is 1. The quantitative estimate of drug-likeness (QED) is 0.779. The monoisotopic (exact) mass is 186 g/mol. The van der Waals surface area contributed by atoms with E-state index in [1.165, 1.54) is 11.3 Å². The number of thiophene rings is 1. The van der Waals surface area contributed by atoms with E-state index in [4.69, 9.17) is 9.84 Å². The lowest BCUT2D eigenvalue weighted by atomic mass is 10.3. The molecule has 0 amide bonds. The molecular formula is C8H10O3S. The van der Waals surface area contributed by atoms with E-state index in [0.717, 1.165) is 17.0 Å². The highest BCUT2D eigenvalue weighted by Crippen LogP contribution is 2.26. The van der Waals surface area contributed by atoms with Gasteiger partial charge in [-0.1, -0.05) is 6.92 Å². The molecule has 0 radical (unpaired) electrons. The molecule has 4 heteroatoms. The topological polar surface area (TPSA) is 46.5 Å². The van der Waals surface area contributed by atoms with Crippen molar-refractivity contribution in [2.24, 2.45) is 0 Å². The minimum absolute atomic E-state index is 0.256. The van der Waals surface area contributed by atoms with Crippen LogP contribution in [0.1, 0.15) is 12.5 Å². The van der Waals surface area contributed by atoms with Gasteiger partial charge in [0.25, 0.3) is 0 Å². The van der Waals surface area contributed by atoms with Crippen LogP contribution < -0.4 is 4.74 Å². The first-order valence-corrected chi connectivity index (χ1v) is 4.53. The number of carboxylic acids is 1. The summed E-state index contributed by atoms with van der Waals surface area (Å²) in [5.74, 6) is -0.939. The van der Waals surface area contributed by atoms with Crippen LogP contribution in [0.4, 0.5) is 0 Å². The Bertz CT molecular complexity index is 267. The molecule has 3 nitrogen and oxygen atoms in total. The second-order valence-corrected chi connectivity index (χ2v) is 3.15. The van der Waals surface area contributed by atoms with Crippen molar-refractivity contribution in [3.8, 4) is 5.06 Å². The van der Waals surface area contributed by atoms with Crippen molar-refractivity contribution in [3.63, 3.8) is 0 Å². The van der Waals surface area contributed by atoms with Gasteiger partial charge in [0.05, 0.1) is 0 Å². The van der Waals surface area contributed by atoms with Crippen molar-refractivity contribution < 1.29 is 14.6 Å². The molecule has 12 heavy (non-hydrogen) atoms. The third-order valence-electron chi connectivity index (χ3n) is 1.41. The molecule has 1 aromatic rings. The lowest BCUT2D eigenvalue weighted by Crippen LogP contribution is -2.09. The second kappa shape index (κ2) is 4.11. The van der Waals surface area contributed by atoms with Gasteiger partial charge in [-0.2, -0.15) is 0 Å². The van der Waals surface area contributed by atoms with E-state index in [9.17, 15) is 4.79 Å². The summed E-state index contributed by atoms with van der Waals surface area (Å²) in [6.45, 7) is 1.75. The fraction of sp³-hybridized carbons (Fsp3) is 0.375. The van der Waals surface area contributed by atoms with E-state index < -0.39 is 5.97 Å². The van der Waals surface area contributed by atoms with E-state index in [-0.39, 0.29) is 6.61 Å². The number of carboxylic acid groups (broad SMARTS) is 1. The molecule has 0 bridgehead atoms. The minimum Gasteiger partial charge on any atom is -0.479 e. The maximum Gasteiger partial charge on any atom is 0.341 e. The number of rotatable bonds is 4. The molecular weight excluding hydrogens is 176 g/mol. The van der Waals surface area contributed by atoms with Crippen LogP contribution in [0.15, 0.2) is 11.4 Å². The molecule has 66 valence electrons. The van der Waals surface area contributed by atoms with Crippen LogP contribution in [0.5, 0.6) is 5.06 Å². The van der Waals surface area contributed by atoms with Gasteiger partial charge in [0.1, 0.15) is 0 Å². The van der Waals surface area contributed by atoms with Crippen LogP contribution in [0.25, 0.3) is 0 Å². The lowest BCUT2D eigenvalue weighted by molar-refractivity contribution is -0.139. The normalized spacial score (nSPS) is 9.75. The lowest BCUT2D eigenvalue weighted by Gasteiger charge is -2.01. The van der Waals surface area contributed by atoms with E-state index in [1.54, 1.807) is 0 Å². The molecule has 0 spiro atoms. The van der Waals surface area contributed by atoms with Gasteiger partial charge in [0.15, 0.2) is 11.7 Å². The molecule has 1 rings (SSSR count). The van der Waals surface area contributed by atoms with Gasteiger partial charge in [-0.05, 0) is 17.9 Å². The third kappa shape index (κ3) is 2.23. The van der Waals surface area contributed by atoms with Crippen molar-refractivity contribution in [3.05, 3.63) is 17.0 Å². The Balaban J connectivity index is 2.56. The zero-order valence-electron chi connectivity index (χ0n) is 6.74. The Morgan fingerprint density at radius 2 is 2.50 bits per heavy atom. The summed E-state index contributed by atoms with van der Waals surface area (Å²) in [4.78, 5) is 10.2. The molecule has 0 aliphatic rings. The molecule has 0 aromatic carbocycles. The summed E-state index contributed by atoms with van der Waals surface area (Å²) < 4.78 is 5.05. The van der Waals surface area contributed by atoms with Crippen molar-refractivity contribution in [1.82, 2.24) is 0 Å². The Morgan fingerprint density at radius 3 is 3.08 bits per heavy atom. The fourth-order valence-electron chi connectivity index (χ4n) is 0.838. The Morgan fingerprint density at radius 1 is 1.75 bits per heavy atom. The predicted octanol–water partition coefficient (Wildman–Crippen LogP) is 1.77. The van der Waals surface area contributed by atoms with Crippen LogP contribution in [-0.2, 0) is 11.2 Å². The largest absolute Gasteiger partial charge is 0.479 e. The molecule has 1 heterocycles. The summed E-state index contributed by atoms with van der Waals surface area (Å²) in [5.41, 5.74) is 1.07. The molecule has 1 N–H and O–H groups in total. The van der Waals surface area contributed by atoms with Gasteiger partial charge >= 0.3 is 5.97 Å². The Kier molecular flexibility index (Phi) is 3.10. The maximum atomic E-state index is 10.2. The van der Waals surface area contributed by atoms with E-state index in [0.29, 0.717) is 0 Å². The molecule has 1 aromatic heterocycles. The number of aryl methyl sites for hydroxylation is 1. The number of hydrogen-bond donors (Lipinski definition) is 1. The van der Waals surface area contributed by atoms with Crippen molar-refractivity contribution in [1.29, 1.82) is 0 Å². The zero-order chi connectivity index (χ0) is 8.97. The molecule has 0 atom stereocenters. The zero-order valence-corrected chi connectivity index (χ0v) is 7.56. The highest BCUT2D eigenvalue weighted by Gasteiger charge is 2.04. The fourth-order valence-corrected chi connectivity index (χ4v) is 1.68. The second-order valence-electron chi connectivity index (χ2n) is 2.27. The summed E-state index contributed by atoms with van der Waals surface area (Å²) in [6.07, 6.45) is 0.873. The van der Waals surface area contributed by atoms with Gasteiger partial charge in [-0.25, -0.2) is 4.79 Å². The molecule has 0 saturated heterocycles. The van der Waals surface area contributed by atoms with Gasteiger partial charge in [-0.3, -0.25) is 0 Å². The molecule has 0 aliphatic heterocycles. The van der Waals surface area contributed by atoms with Crippen LogP contribution in [-0.4, -0.2) is 17.7 Å². The van der Waals surface area contributed by atoms with Crippen LogP contribution in [0, 0.1) is 0 Å². The van der Waals surface area contributed by atoms with Crippen molar-refractivity contribution in [2.75, 3.05) is 6.61 Å². The SMILES string of the molecule is CCc1ccsc1OCC(=O)O. The van der Waals surface area contributed by atoms with E-state index in [2.05, 4.69) is 0 Å². The third-order valence-corrected chi connectivity index (χ3v) is 2.28. The van der Waals surface area contributed by atoms with Gasteiger partial charge in [-0.15, -0.1) is 11.3 Å². The van der Waals surface area contributed by atoms with Gasteiger partial charge in [0, 0.05) is 5.56 Å². The number of aliphatic carboxylic acids is 1. The number of ether oxygens (including phenoxy) is 1. The first kappa shape index (κ1) is 9.06. The summed E-state index contributed by atoms with van der Waals surface area (Å²) >= 11 is 1.43. The first-order chi connectivity index (χ1) is 5.74. The van der Waals surface area contributed by atoms with Crippen LogP contribution in [0.3, 0.4) is 0 Å². The summed E-state index contributed by atoms with van der Waals surface area (Å²) in [7, 11) is 0. The standard InChI is InChI=1S/C8H10O3S/c1-2-6-3-4-12-8(6)11-5-7(9)10/h3-4H,2,5H2,1H3,(H,9,10). The van der Waals surface area contributed by atoms with Crippen LogP contribution in [0.2, 0.25) is 0 Å². The average molecular weight is 186 g/mol. The average Bonchev–Trinajstić information content (AvgIpc) is 2.47. The highest BCUT2D eigenvalue weighted by molar-refractivity contribution is 7.12. The van der Waals surface area contributed by atoms with Gasteiger partial charge < -0.3 is 9.84 Å². The molecule has 0 saturated carbocycles. The van der Waals surface area contributed by atoms with Crippen molar-refractivity contribution in [2.45, 2.75) is 13.3 Å². The van der Waals surface area contributed by atoms with E-state index >= 15 is 0 Å². The van der Waals surface area contributed by atoms with Gasteiger partial charge in [0.2, 0.25) is 0 Å². The molecule has 0 unspecified atom stereocenters. The Labute approximate surface area is 74.6 Å². The number of hydrogen-bond acceptors (Lipinski definition) is 3. The Hall–Kier alpha value is -1.03. The van der Waals surface area contributed by atoms with E-state index in [1.807, 2.05) is 18.4 Å². The summed E-state index contributed by atoms with van der Waals surface area (Å²) in [6, 6.07) is 1.95.